The van der Waals surface area contributed by atoms with E-state index in [1.165, 1.54) is 38.5 Å². The van der Waals surface area contributed by atoms with Gasteiger partial charge in [0.05, 0.1) is 13.2 Å². The number of ether oxygens (including phenoxy) is 1. The lowest BCUT2D eigenvalue weighted by Gasteiger charge is -2.26. The minimum Gasteiger partial charge on any atom is -0.379 e. The number of hydrogen-bond acceptors (Lipinski definition) is 3. The summed E-state index contributed by atoms with van der Waals surface area (Å²) < 4.78 is 5.46. The van der Waals surface area contributed by atoms with E-state index in [2.05, 4.69) is 24.6 Å². The predicted molar refractivity (Wildman–Crippen MR) is 68.8 cm³/mol. The van der Waals surface area contributed by atoms with Crippen LogP contribution in [0.5, 0.6) is 0 Å². The Bertz CT molecular complexity index is 147. The van der Waals surface area contributed by atoms with Crippen molar-refractivity contribution in [2.45, 2.75) is 44.6 Å². The first-order valence-corrected chi connectivity index (χ1v) is 6.86. The molecule has 90 valence electrons. The first-order chi connectivity index (χ1) is 7.34. The van der Waals surface area contributed by atoms with Crippen molar-refractivity contribution in [3.63, 3.8) is 0 Å². The molecule has 1 aliphatic rings. The van der Waals surface area contributed by atoms with Crippen LogP contribution in [0.25, 0.3) is 0 Å². The minimum atomic E-state index is 0.779. The molecular weight excluding hydrogens is 206 g/mol. The van der Waals surface area contributed by atoms with Crippen molar-refractivity contribution in [2.24, 2.45) is 0 Å². The van der Waals surface area contributed by atoms with Gasteiger partial charge in [-0.05, 0) is 19.9 Å². The Morgan fingerprint density at radius 3 is 2.40 bits per heavy atom. The molecule has 0 aromatic rings. The normalized spacial score (nSPS) is 19.4. The third-order valence-corrected chi connectivity index (χ3v) is 3.45. The first-order valence-electron chi connectivity index (χ1n) is 6.23. The van der Waals surface area contributed by atoms with Crippen LogP contribution in [0.15, 0.2) is 0 Å². The van der Waals surface area contributed by atoms with Gasteiger partial charge in [0.1, 0.15) is 0 Å². The van der Waals surface area contributed by atoms with Gasteiger partial charge in [0.25, 0.3) is 0 Å². The molecule has 1 saturated carbocycles. The fourth-order valence-electron chi connectivity index (χ4n) is 2.26. The summed E-state index contributed by atoms with van der Waals surface area (Å²) in [6.45, 7) is 2.70. The second-order valence-corrected chi connectivity index (χ2v) is 4.91. The Hall–Kier alpha value is 0.270. The lowest BCUT2D eigenvalue weighted by molar-refractivity contribution is 0.105. The van der Waals surface area contributed by atoms with E-state index in [1.807, 2.05) is 0 Å². The largest absolute Gasteiger partial charge is 0.379 e. The fourth-order valence-corrected chi connectivity index (χ4v) is 2.39. The third kappa shape index (κ3) is 5.79. The van der Waals surface area contributed by atoms with Crippen molar-refractivity contribution in [1.82, 2.24) is 4.90 Å². The Morgan fingerprint density at radius 1 is 1.13 bits per heavy atom. The Kier molecular flexibility index (Phi) is 7.49. The first kappa shape index (κ1) is 13.3. The van der Waals surface area contributed by atoms with Crippen molar-refractivity contribution < 1.29 is 4.74 Å². The molecule has 0 aromatic heterocycles. The van der Waals surface area contributed by atoms with Crippen molar-refractivity contribution >= 4 is 12.6 Å². The number of likely N-dealkylation sites (N-methyl/N-ethyl adjacent to an activating group) is 1. The van der Waals surface area contributed by atoms with Crippen LogP contribution in [0.2, 0.25) is 0 Å². The molecule has 0 N–H and O–H groups in total. The second-order valence-electron chi connectivity index (χ2n) is 4.46. The average molecular weight is 231 g/mol. The summed E-state index contributed by atoms with van der Waals surface area (Å²) in [6, 6.07) is 0.798. The zero-order valence-electron chi connectivity index (χ0n) is 9.95. The smallest absolute Gasteiger partial charge is 0.0593 e. The molecule has 0 radical (unpaired) electrons. The van der Waals surface area contributed by atoms with Gasteiger partial charge in [0.15, 0.2) is 0 Å². The zero-order chi connectivity index (χ0) is 10.9. The van der Waals surface area contributed by atoms with Crippen LogP contribution in [0.4, 0.5) is 0 Å². The van der Waals surface area contributed by atoms with Gasteiger partial charge in [0.2, 0.25) is 0 Å². The molecule has 3 heteroatoms. The number of hydrogen-bond donors (Lipinski definition) is 1. The van der Waals surface area contributed by atoms with Gasteiger partial charge in [-0.1, -0.05) is 25.7 Å². The zero-order valence-corrected chi connectivity index (χ0v) is 10.8. The van der Waals surface area contributed by atoms with E-state index in [0.717, 1.165) is 31.6 Å². The summed E-state index contributed by atoms with van der Waals surface area (Å²) in [5, 5.41) is 0. The Morgan fingerprint density at radius 2 is 1.80 bits per heavy atom. The lowest BCUT2D eigenvalue weighted by Crippen LogP contribution is -2.34. The second kappa shape index (κ2) is 8.43. The molecule has 2 nitrogen and oxygen atoms in total. The molecule has 1 aliphatic carbocycles. The molecule has 0 bridgehead atoms. The highest BCUT2D eigenvalue weighted by Crippen LogP contribution is 2.20. The quantitative estimate of drug-likeness (QED) is 0.428. The molecule has 0 spiro atoms. The third-order valence-electron chi connectivity index (χ3n) is 3.27. The van der Waals surface area contributed by atoms with Crippen molar-refractivity contribution in [1.29, 1.82) is 0 Å². The van der Waals surface area contributed by atoms with Crippen LogP contribution < -0.4 is 0 Å². The maximum absolute atomic E-state index is 5.46. The Balaban J connectivity index is 2.11. The SMILES string of the molecule is CN(CCOCCS)C1CCCCCC1. The summed E-state index contributed by atoms with van der Waals surface area (Å²) in [6.07, 6.45) is 8.44. The van der Waals surface area contributed by atoms with Crippen LogP contribution in [-0.4, -0.2) is 43.5 Å². The van der Waals surface area contributed by atoms with Crippen LogP contribution in [0.1, 0.15) is 38.5 Å². The van der Waals surface area contributed by atoms with Gasteiger partial charge in [-0.15, -0.1) is 0 Å². The predicted octanol–water partition coefficient (Wildman–Crippen LogP) is 2.59. The highest BCUT2D eigenvalue weighted by molar-refractivity contribution is 7.80. The maximum Gasteiger partial charge on any atom is 0.0593 e. The number of rotatable bonds is 6. The lowest BCUT2D eigenvalue weighted by atomic mass is 10.1. The Labute approximate surface area is 99.8 Å². The molecular formula is C12H25NOS. The molecule has 0 unspecified atom stereocenters. The van der Waals surface area contributed by atoms with E-state index >= 15 is 0 Å². The summed E-state index contributed by atoms with van der Waals surface area (Å²) in [4.78, 5) is 2.48. The van der Waals surface area contributed by atoms with Crippen LogP contribution in [0.3, 0.4) is 0 Å². The van der Waals surface area contributed by atoms with E-state index in [1.54, 1.807) is 0 Å². The topological polar surface area (TPSA) is 12.5 Å². The molecule has 0 atom stereocenters. The van der Waals surface area contributed by atoms with Gasteiger partial charge in [-0.2, -0.15) is 12.6 Å². The summed E-state index contributed by atoms with van der Waals surface area (Å²) >= 11 is 4.12. The molecule has 1 rings (SSSR count). The molecule has 15 heavy (non-hydrogen) atoms. The highest BCUT2D eigenvalue weighted by atomic mass is 32.1. The standard InChI is InChI=1S/C12H25NOS/c1-13(8-9-14-10-11-15)12-6-4-2-3-5-7-12/h12,15H,2-11H2,1H3. The van der Waals surface area contributed by atoms with Gasteiger partial charge < -0.3 is 9.64 Å². The molecule has 1 fully saturated rings. The van der Waals surface area contributed by atoms with Crippen LogP contribution >= 0.6 is 12.6 Å². The fraction of sp³-hybridized carbons (Fsp3) is 1.00. The molecule has 0 aliphatic heterocycles. The molecule has 0 aromatic carbocycles. The average Bonchev–Trinajstić information content (AvgIpc) is 2.52. The maximum atomic E-state index is 5.46. The minimum absolute atomic E-state index is 0.779. The molecule has 0 saturated heterocycles. The van der Waals surface area contributed by atoms with E-state index in [0.29, 0.717) is 0 Å². The summed E-state index contributed by atoms with van der Waals surface area (Å²) in [5.74, 6) is 0.827. The van der Waals surface area contributed by atoms with Gasteiger partial charge in [-0.25, -0.2) is 0 Å². The van der Waals surface area contributed by atoms with Crippen molar-refractivity contribution in [2.75, 3.05) is 32.6 Å². The van der Waals surface area contributed by atoms with E-state index in [9.17, 15) is 0 Å². The van der Waals surface area contributed by atoms with Gasteiger partial charge in [-0.3, -0.25) is 0 Å². The highest BCUT2D eigenvalue weighted by Gasteiger charge is 2.16. The van der Waals surface area contributed by atoms with Crippen LogP contribution in [0, 0.1) is 0 Å². The number of thiol groups is 1. The summed E-state index contributed by atoms with van der Waals surface area (Å²) in [5.41, 5.74) is 0. The van der Waals surface area contributed by atoms with E-state index < -0.39 is 0 Å². The monoisotopic (exact) mass is 231 g/mol. The van der Waals surface area contributed by atoms with E-state index in [-0.39, 0.29) is 0 Å². The van der Waals surface area contributed by atoms with Gasteiger partial charge in [0, 0.05) is 18.3 Å². The van der Waals surface area contributed by atoms with Crippen molar-refractivity contribution in [3.05, 3.63) is 0 Å². The molecule has 0 amide bonds. The summed E-state index contributed by atoms with van der Waals surface area (Å²) in [7, 11) is 2.24. The van der Waals surface area contributed by atoms with Crippen molar-refractivity contribution in [3.8, 4) is 0 Å². The van der Waals surface area contributed by atoms with Crippen LogP contribution in [-0.2, 0) is 4.74 Å². The molecule has 0 heterocycles. The van der Waals surface area contributed by atoms with E-state index in [4.69, 9.17) is 4.74 Å². The number of nitrogens with zero attached hydrogens (tertiary/aromatic N) is 1. The van der Waals surface area contributed by atoms with Gasteiger partial charge >= 0.3 is 0 Å².